The highest BCUT2D eigenvalue weighted by atomic mass is 16.3. The Morgan fingerprint density at radius 1 is 1.41 bits per heavy atom. The minimum atomic E-state index is 0.113. The van der Waals surface area contributed by atoms with Crippen LogP contribution in [0.5, 0.6) is 0 Å². The highest BCUT2D eigenvalue weighted by molar-refractivity contribution is 4.96. The minimum Gasteiger partial charge on any atom is -0.396 e. The molecule has 3 unspecified atom stereocenters. The van der Waals surface area contributed by atoms with E-state index in [-0.39, 0.29) is 12.1 Å². The van der Waals surface area contributed by atoms with Crippen molar-refractivity contribution in [2.75, 3.05) is 13.2 Å². The molecule has 1 aliphatic carbocycles. The second-order valence-corrected chi connectivity index (χ2v) is 6.14. The van der Waals surface area contributed by atoms with Crippen LogP contribution in [0.2, 0.25) is 0 Å². The number of nitrogens with two attached hydrogens (primary N) is 1. The number of aliphatic hydroxyl groups is 1. The van der Waals surface area contributed by atoms with Crippen LogP contribution in [-0.2, 0) is 0 Å². The molecule has 0 amide bonds. The Hall–Kier alpha value is -0.120. The van der Waals surface area contributed by atoms with Gasteiger partial charge in [0.15, 0.2) is 0 Å². The van der Waals surface area contributed by atoms with E-state index in [9.17, 15) is 0 Å². The van der Waals surface area contributed by atoms with E-state index >= 15 is 0 Å². The van der Waals surface area contributed by atoms with Gasteiger partial charge < -0.3 is 16.2 Å². The molecule has 0 spiro atoms. The second kappa shape index (κ2) is 6.72. The molecule has 0 aromatic rings. The van der Waals surface area contributed by atoms with E-state index in [1.165, 1.54) is 25.7 Å². The predicted molar refractivity (Wildman–Crippen MR) is 72.9 cm³/mol. The minimum absolute atomic E-state index is 0.113. The van der Waals surface area contributed by atoms with Crippen molar-refractivity contribution in [1.29, 1.82) is 0 Å². The van der Waals surface area contributed by atoms with Crippen molar-refractivity contribution in [3.05, 3.63) is 0 Å². The lowest BCUT2D eigenvalue weighted by molar-refractivity contribution is 0.135. The molecule has 0 radical (unpaired) electrons. The molecule has 102 valence electrons. The van der Waals surface area contributed by atoms with Crippen LogP contribution in [0, 0.1) is 11.8 Å². The Balaban J connectivity index is 2.60. The predicted octanol–water partition coefficient (Wildman–Crippen LogP) is 1.89. The van der Waals surface area contributed by atoms with E-state index in [0.717, 1.165) is 18.3 Å². The molecule has 17 heavy (non-hydrogen) atoms. The quantitative estimate of drug-likeness (QED) is 0.666. The number of rotatable bonds is 6. The van der Waals surface area contributed by atoms with Crippen LogP contribution < -0.4 is 11.1 Å². The monoisotopic (exact) mass is 242 g/mol. The summed E-state index contributed by atoms with van der Waals surface area (Å²) in [4.78, 5) is 0. The number of hydrogen-bond donors (Lipinski definition) is 3. The summed E-state index contributed by atoms with van der Waals surface area (Å²) in [6, 6.07) is 0.356. The van der Waals surface area contributed by atoms with Gasteiger partial charge in [-0.15, -0.1) is 0 Å². The molecule has 0 aromatic carbocycles. The third-order valence-electron chi connectivity index (χ3n) is 4.33. The second-order valence-electron chi connectivity index (χ2n) is 6.14. The Bertz CT molecular complexity index is 220. The normalized spacial score (nSPS) is 31.8. The lowest BCUT2D eigenvalue weighted by Crippen LogP contribution is -2.57. The van der Waals surface area contributed by atoms with Gasteiger partial charge in [0.2, 0.25) is 0 Å². The SMILES string of the molecule is CC(CCO)NC1(CN)CCCC(C(C)C)C1. The third-order valence-corrected chi connectivity index (χ3v) is 4.33. The van der Waals surface area contributed by atoms with Crippen LogP contribution in [0.15, 0.2) is 0 Å². The first kappa shape index (κ1) is 14.9. The third kappa shape index (κ3) is 4.23. The largest absolute Gasteiger partial charge is 0.396 e. The molecule has 0 saturated heterocycles. The fourth-order valence-electron chi connectivity index (χ4n) is 3.14. The zero-order valence-corrected chi connectivity index (χ0v) is 11.7. The van der Waals surface area contributed by atoms with Crippen LogP contribution in [-0.4, -0.2) is 29.8 Å². The topological polar surface area (TPSA) is 58.3 Å². The molecule has 3 atom stereocenters. The van der Waals surface area contributed by atoms with Gasteiger partial charge in [-0.05, 0) is 38.0 Å². The number of aliphatic hydroxyl groups excluding tert-OH is 1. The maximum atomic E-state index is 8.99. The van der Waals surface area contributed by atoms with E-state index in [0.29, 0.717) is 12.6 Å². The van der Waals surface area contributed by atoms with Gasteiger partial charge in [0.25, 0.3) is 0 Å². The lowest BCUT2D eigenvalue weighted by atomic mass is 9.71. The molecule has 1 aliphatic rings. The van der Waals surface area contributed by atoms with Crippen molar-refractivity contribution in [2.45, 2.75) is 64.5 Å². The summed E-state index contributed by atoms with van der Waals surface area (Å²) in [6.45, 7) is 7.74. The van der Waals surface area contributed by atoms with Crippen molar-refractivity contribution < 1.29 is 5.11 Å². The van der Waals surface area contributed by atoms with Crippen LogP contribution in [0.1, 0.15) is 52.9 Å². The molecule has 0 bridgehead atoms. The molecular formula is C14H30N2O. The van der Waals surface area contributed by atoms with Gasteiger partial charge in [-0.1, -0.05) is 26.7 Å². The highest BCUT2D eigenvalue weighted by Crippen LogP contribution is 2.36. The van der Waals surface area contributed by atoms with Gasteiger partial charge in [0.05, 0.1) is 0 Å². The first-order valence-corrected chi connectivity index (χ1v) is 7.11. The molecule has 0 aliphatic heterocycles. The van der Waals surface area contributed by atoms with Crippen molar-refractivity contribution in [3.63, 3.8) is 0 Å². The van der Waals surface area contributed by atoms with Crippen molar-refractivity contribution in [3.8, 4) is 0 Å². The summed E-state index contributed by atoms with van der Waals surface area (Å²) >= 11 is 0. The van der Waals surface area contributed by atoms with Gasteiger partial charge in [0.1, 0.15) is 0 Å². The van der Waals surface area contributed by atoms with Gasteiger partial charge in [-0.3, -0.25) is 0 Å². The van der Waals surface area contributed by atoms with Crippen LogP contribution in [0.4, 0.5) is 0 Å². The smallest absolute Gasteiger partial charge is 0.0445 e. The molecule has 0 heterocycles. The van der Waals surface area contributed by atoms with Crippen molar-refractivity contribution in [1.82, 2.24) is 5.32 Å². The summed E-state index contributed by atoms with van der Waals surface area (Å²) in [6.07, 6.45) is 5.81. The van der Waals surface area contributed by atoms with Crippen molar-refractivity contribution >= 4 is 0 Å². The fraction of sp³-hybridized carbons (Fsp3) is 1.00. The summed E-state index contributed by atoms with van der Waals surface area (Å²) in [5.41, 5.74) is 6.13. The fourth-order valence-corrected chi connectivity index (χ4v) is 3.14. The zero-order chi connectivity index (χ0) is 12.9. The van der Waals surface area contributed by atoms with E-state index < -0.39 is 0 Å². The van der Waals surface area contributed by atoms with Crippen LogP contribution in [0.25, 0.3) is 0 Å². The molecule has 4 N–H and O–H groups in total. The molecule has 1 rings (SSSR count). The van der Waals surface area contributed by atoms with Crippen LogP contribution in [0.3, 0.4) is 0 Å². The Labute approximate surface area is 106 Å². The van der Waals surface area contributed by atoms with Gasteiger partial charge in [-0.2, -0.15) is 0 Å². The Morgan fingerprint density at radius 3 is 2.65 bits per heavy atom. The average Bonchev–Trinajstić information content (AvgIpc) is 2.29. The van der Waals surface area contributed by atoms with E-state index in [4.69, 9.17) is 10.8 Å². The molecule has 3 heteroatoms. The highest BCUT2D eigenvalue weighted by Gasteiger charge is 2.36. The lowest BCUT2D eigenvalue weighted by Gasteiger charge is -2.44. The summed E-state index contributed by atoms with van der Waals surface area (Å²) in [7, 11) is 0. The summed E-state index contributed by atoms with van der Waals surface area (Å²) in [5.74, 6) is 1.54. The standard InChI is InChI=1S/C14H30N2O/c1-11(2)13-5-4-7-14(9-13,10-15)16-12(3)6-8-17/h11-13,16-17H,4-10,15H2,1-3H3. The molecule has 3 nitrogen and oxygen atoms in total. The Morgan fingerprint density at radius 2 is 2.12 bits per heavy atom. The maximum Gasteiger partial charge on any atom is 0.0445 e. The first-order valence-electron chi connectivity index (χ1n) is 7.11. The van der Waals surface area contributed by atoms with Crippen molar-refractivity contribution in [2.24, 2.45) is 17.6 Å². The maximum absolute atomic E-state index is 8.99. The van der Waals surface area contributed by atoms with Gasteiger partial charge in [0, 0.05) is 24.7 Å². The molecule has 1 fully saturated rings. The number of nitrogens with one attached hydrogen (secondary N) is 1. The van der Waals surface area contributed by atoms with E-state index in [1.54, 1.807) is 0 Å². The molecule has 0 aromatic heterocycles. The number of hydrogen-bond acceptors (Lipinski definition) is 3. The van der Waals surface area contributed by atoms with Gasteiger partial charge in [-0.25, -0.2) is 0 Å². The van der Waals surface area contributed by atoms with Crippen LogP contribution >= 0.6 is 0 Å². The van der Waals surface area contributed by atoms with Gasteiger partial charge >= 0.3 is 0 Å². The first-order chi connectivity index (χ1) is 8.03. The van der Waals surface area contributed by atoms with E-state index in [1.807, 2.05) is 0 Å². The average molecular weight is 242 g/mol. The summed E-state index contributed by atoms with van der Waals surface area (Å²) < 4.78 is 0. The zero-order valence-electron chi connectivity index (χ0n) is 11.7. The molecule has 1 saturated carbocycles. The molecular weight excluding hydrogens is 212 g/mol. The summed E-state index contributed by atoms with van der Waals surface area (Å²) in [5, 5.41) is 12.7. The van der Waals surface area contributed by atoms with E-state index in [2.05, 4.69) is 26.1 Å². The Kier molecular flexibility index (Phi) is 5.90.